The van der Waals surface area contributed by atoms with Gasteiger partial charge in [0.1, 0.15) is 5.66 Å². The van der Waals surface area contributed by atoms with Gasteiger partial charge in [-0.05, 0) is 18.4 Å². The van der Waals surface area contributed by atoms with E-state index in [1.165, 1.54) is 4.74 Å². The summed E-state index contributed by atoms with van der Waals surface area (Å²) in [5.41, 5.74) is 1.36. The zero-order valence-electron chi connectivity index (χ0n) is 18.4. The van der Waals surface area contributed by atoms with Crippen molar-refractivity contribution in [3.05, 3.63) is 102 Å². The van der Waals surface area contributed by atoms with Crippen molar-refractivity contribution >= 4 is 23.5 Å². The third-order valence-electron chi connectivity index (χ3n) is 7.05. The van der Waals surface area contributed by atoms with Crippen molar-refractivity contribution in [1.29, 1.82) is 0 Å². The van der Waals surface area contributed by atoms with Gasteiger partial charge in [-0.25, -0.2) is 4.90 Å². The second kappa shape index (κ2) is 8.69. The van der Waals surface area contributed by atoms with Crippen LogP contribution in [-0.2, 0) is 4.57 Å². The lowest BCUT2D eigenvalue weighted by Gasteiger charge is -2.32. The molecule has 5 rings (SSSR count). The Morgan fingerprint density at radius 3 is 1.78 bits per heavy atom. The highest BCUT2D eigenvalue weighted by Crippen LogP contribution is 2.57. The summed E-state index contributed by atoms with van der Waals surface area (Å²) in [5.74, 6) is -0.168. The van der Waals surface area contributed by atoms with Crippen LogP contribution in [0.15, 0.2) is 91.0 Å². The van der Waals surface area contributed by atoms with Gasteiger partial charge in [0.05, 0.1) is 5.92 Å². The fraction of sp³-hybridized carbons (Fsp3) is 0.296. The van der Waals surface area contributed by atoms with Gasteiger partial charge in [0.2, 0.25) is 6.17 Å². The first-order valence-corrected chi connectivity index (χ1v) is 13.2. The smallest absolute Gasteiger partial charge is 0.227 e. The number of hydrogen-bond acceptors (Lipinski definition) is 3. The van der Waals surface area contributed by atoms with E-state index in [9.17, 15) is 5.21 Å². The molecule has 3 aromatic rings. The van der Waals surface area contributed by atoms with E-state index in [0.29, 0.717) is 5.71 Å². The summed E-state index contributed by atoms with van der Waals surface area (Å²) in [4.78, 5) is 2.30. The first-order valence-electron chi connectivity index (χ1n) is 11.4. The Labute approximate surface area is 190 Å². The summed E-state index contributed by atoms with van der Waals surface area (Å²) in [5, 5.41) is 15.3. The zero-order chi connectivity index (χ0) is 22.1. The number of likely N-dealkylation sites (tertiary alicyclic amines) is 1. The molecule has 0 spiro atoms. The maximum absolute atomic E-state index is 15.3. The van der Waals surface area contributed by atoms with E-state index in [1.54, 1.807) is 0 Å². The van der Waals surface area contributed by atoms with E-state index < -0.39 is 12.8 Å². The molecule has 2 heterocycles. The van der Waals surface area contributed by atoms with Gasteiger partial charge in [-0.2, -0.15) is 4.74 Å². The summed E-state index contributed by atoms with van der Waals surface area (Å²) in [6.07, 6.45) is 1.88. The Morgan fingerprint density at radius 1 is 0.812 bits per heavy atom. The molecule has 4 nitrogen and oxygen atoms in total. The minimum absolute atomic E-state index is 0.168. The lowest BCUT2D eigenvalue weighted by Crippen LogP contribution is -2.43. The van der Waals surface area contributed by atoms with E-state index in [-0.39, 0.29) is 12.1 Å². The van der Waals surface area contributed by atoms with E-state index in [1.807, 2.05) is 85.8 Å². The third-order valence-corrected chi connectivity index (χ3v) is 10.7. The molecule has 1 fully saturated rings. The van der Waals surface area contributed by atoms with Crippen LogP contribution in [0.1, 0.15) is 31.2 Å². The van der Waals surface area contributed by atoms with Crippen LogP contribution in [0.25, 0.3) is 0 Å². The van der Waals surface area contributed by atoms with Crippen LogP contribution in [-0.4, -0.2) is 40.3 Å². The molecule has 0 amide bonds. The average Bonchev–Trinajstić information content (AvgIpc) is 3.47. The average molecular weight is 445 g/mol. The standard InChI is InChI=1S/C27H29N2O2P/c1-21-26(32(31,23-15-7-3-8-16-23)24-17-9-4-10-18-24)25(22-13-5-2-6-14-22)27(29(21)30)28-19-11-12-20-28/h2-10,13-18,25-27H,11-12,19-20H2,1H3/t25-,26-,27-/m0/s1. The Hall–Kier alpha value is -2.68. The van der Waals surface area contributed by atoms with Crippen LogP contribution in [0.5, 0.6) is 0 Å². The van der Waals surface area contributed by atoms with Crippen molar-refractivity contribution in [3.63, 3.8) is 0 Å². The monoisotopic (exact) mass is 444 g/mol. The van der Waals surface area contributed by atoms with Crippen molar-refractivity contribution in [1.82, 2.24) is 4.90 Å². The SMILES string of the molecule is CC1=[N+]([O-])[C@H](N2CCCC2)[C@@H](c2ccccc2)[C@H]1P(=O)(c1ccccc1)c1ccccc1. The van der Waals surface area contributed by atoms with Gasteiger partial charge in [-0.1, -0.05) is 91.0 Å². The molecule has 0 bridgehead atoms. The van der Waals surface area contributed by atoms with Gasteiger partial charge in [0.25, 0.3) is 0 Å². The van der Waals surface area contributed by atoms with E-state index >= 15 is 4.57 Å². The Kier molecular flexibility index (Phi) is 5.75. The molecule has 0 saturated carbocycles. The molecule has 1 saturated heterocycles. The first kappa shape index (κ1) is 21.2. The van der Waals surface area contributed by atoms with Crippen LogP contribution in [0.3, 0.4) is 0 Å². The number of benzene rings is 3. The molecule has 5 heteroatoms. The molecule has 0 radical (unpaired) electrons. The minimum Gasteiger partial charge on any atom is -0.623 e. The van der Waals surface area contributed by atoms with E-state index in [0.717, 1.165) is 42.1 Å². The van der Waals surface area contributed by atoms with Crippen molar-refractivity contribution in [2.24, 2.45) is 0 Å². The molecule has 0 N–H and O–H groups in total. The van der Waals surface area contributed by atoms with Gasteiger partial charge in [-0.15, -0.1) is 0 Å². The maximum atomic E-state index is 15.3. The van der Waals surface area contributed by atoms with Crippen molar-refractivity contribution in [2.75, 3.05) is 13.1 Å². The molecule has 3 atom stereocenters. The van der Waals surface area contributed by atoms with Crippen molar-refractivity contribution in [2.45, 2.75) is 37.5 Å². The minimum atomic E-state index is -3.17. The molecule has 32 heavy (non-hydrogen) atoms. The van der Waals surface area contributed by atoms with Gasteiger partial charge in [0.15, 0.2) is 12.9 Å². The maximum Gasteiger partial charge on any atom is 0.227 e. The fourth-order valence-corrected chi connectivity index (χ4v) is 9.17. The van der Waals surface area contributed by atoms with Crippen molar-refractivity contribution < 1.29 is 9.30 Å². The second-order valence-corrected chi connectivity index (χ2v) is 11.7. The molecule has 164 valence electrons. The lowest BCUT2D eigenvalue weighted by atomic mass is 9.92. The highest BCUT2D eigenvalue weighted by atomic mass is 31.2. The predicted octanol–water partition coefficient (Wildman–Crippen LogP) is 4.56. The normalized spacial score (nSPS) is 24.2. The number of hydrogen-bond donors (Lipinski definition) is 0. The van der Waals surface area contributed by atoms with Crippen LogP contribution in [0, 0.1) is 5.21 Å². The summed E-state index contributed by atoms with van der Waals surface area (Å²) < 4.78 is 16.5. The quantitative estimate of drug-likeness (QED) is 0.329. The first-order chi connectivity index (χ1) is 15.6. The molecule has 2 aliphatic heterocycles. The number of hydroxylamine groups is 1. The topological polar surface area (TPSA) is 46.4 Å². The summed E-state index contributed by atoms with van der Waals surface area (Å²) in [6.45, 7) is 3.71. The highest BCUT2D eigenvalue weighted by molar-refractivity contribution is 7.80. The largest absolute Gasteiger partial charge is 0.623 e. The number of nitrogens with zero attached hydrogens (tertiary/aromatic N) is 2. The van der Waals surface area contributed by atoms with Gasteiger partial charge >= 0.3 is 0 Å². The molecular weight excluding hydrogens is 415 g/mol. The molecule has 2 aliphatic rings. The highest BCUT2D eigenvalue weighted by Gasteiger charge is 2.57. The summed E-state index contributed by atoms with van der Waals surface area (Å²) in [7, 11) is -3.17. The molecular formula is C27H29N2O2P. The summed E-state index contributed by atoms with van der Waals surface area (Å²) >= 11 is 0. The van der Waals surface area contributed by atoms with Crippen LogP contribution >= 0.6 is 7.14 Å². The van der Waals surface area contributed by atoms with Crippen LogP contribution < -0.4 is 10.6 Å². The lowest BCUT2D eigenvalue weighted by molar-refractivity contribution is -0.524. The molecule has 0 aromatic heterocycles. The fourth-order valence-electron chi connectivity index (χ4n) is 5.58. The van der Waals surface area contributed by atoms with Gasteiger partial charge < -0.3 is 9.77 Å². The van der Waals surface area contributed by atoms with Crippen LogP contribution in [0.4, 0.5) is 0 Å². The molecule has 3 aromatic carbocycles. The summed E-state index contributed by atoms with van der Waals surface area (Å²) in [6, 6.07) is 29.7. The van der Waals surface area contributed by atoms with E-state index in [2.05, 4.69) is 17.0 Å². The third kappa shape index (κ3) is 3.43. The molecule has 0 unspecified atom stereocenters. The number of rotatable bonds is 5. The zero-order valence-corrected chi connectivity index (χ0v) is 19.3. The Balaban J connectivity index is 1.75. The molecule has 0 aliphatic carbocycles. The Morgan fingerprint density at radius 2 is 1.28 bits per heavy atom. The van der Waals surface area contributed by atoms with Gasteiger partial charge in [0, 0.05) is 30.6 Å². The van der Waals surface area contributed by atoms with Crippen LogP contribution in [0.2, 0.25) is 0 Å². The Bertz CT molecular complexity index is 1100. The van der Waals surface area contributed by atoms with E-state index in [4.69, 9.17) is 0 Å². The predicted molar refractivity (Wildman–Crippen MR) is 132 cm³/mol. The van der Waals surface area contributed by atoms with Crippen molar-refractivity contribution in [3.8, 4) is 0 Å². The van der Waals surface area contributed by atoms with Gasteiger partial charge in [-0.3, -0.25) is 0 Å². The second-order valence-electron chi connectivity index (χ2n) is 8.83.